The third kappa shape index (κ3) is 3.22. The van der Waals surface area contributed by atoms with Crippen molar-refractivity contribution in [2.75, 3.05) is 19.7 Å². The molecule has 20 heavy (non-hydrogen) atoms. The standard InChI is InChI=1S/C18H33NO/c1-2-19-14-16-7-3-4-8-17(16)15-9-12-20-18(13-15)10-5-6-11-18/h15-17,19H,2-14H2,1H3. The van der Waals surface area contributed by atoms with Crippen LogP contribution in [-0.2, 0) is 4.74 Å². The molecule has 3 fully saturated rings. The summed E-state index contributed by atoms with van der Waals surface area (Å²) in [5.41, 5.74) is 0.309. The molecule has 2 heteroatoms. The number of nitrogens with one attached hydrogen (secondary N) is 1. The summed E-state index contributed by atoms with van der Waals surface area (Å²) in [5.74, 6) is 2.86. The van der Waals surface area contributed by atoms with E-state index in [-0.39, 0.29) is 0 Å². The molecule has 1 aliphatic heterocycles. The van der Waals surface area contributed by atoms with Gasteiger partial charge in [-0.05, 0) is 69.4 Å². The Labute approximate surface area is 125 Å². The Hall–Kier alpha value is -0.0800. The topological polar surface area (TPSA) is 21.3 Å². The van der Waals surface area contributed by atoms with Crippen LogP contribution >= 0.6 is 0 Å². The van der Waals surface area contributed by atoms with Crippen molar-refractivity contribution in [2.24, 2.45) is 17.8 Å². The first-order valence-corrected chi connectivity index (χ1v) is 9.18. The number of rotatable bonds is 4. The van der Waals surface area contributed by atoms with Crippen molar-refractivity contribution in [1.82, 2.24) is 5.32 Å². The molecule has 0 aromatic carbocycles. The molecule has 0 aromatic rings. The molecule has 0 bridgehead atoms. The molecule has 0 amide bonds. The molecule has 1 N–H and O–H groups in total. The largest absolute Gasteiger partial charge is 0.375 e. The third-order valence-electron chi connectivity index (χ3n) is 6.28. The first-order chi connectivity index (χ1) is 9.83. The van der Waals surface area contributed by atoms with Gasteiger partial charge in [0.2, 0.25) is 0 Å². The van der Waals surface area contributed by atoms with Crippen LogP contribution in [0.3, 0.4) is 0 Å². The summed E-state index contributed by atoms with van der Waals surface area (Å²) in [7, 11) is 0. The molecular weight excluding hydrogens is 246 g/mol. The van der Waals surface area contributed by atoms with Gasteiger partial charge < -0.3 is 10.1 Å². The van der Waals surface area contributed by atoms with E-state index in [1.807, 2.05) is 0 Å². The molecule has 0 aromatic heterocycles. The van der Waals surface area contributed by atoms with Crippen molar-refractivity contribution in [1.29, 1.82) is 0 Å². The number of hydrogen-bond donors (Lipinski definition) is 1. The molecule has 1 spiro atoms. The predicted molar refractivity (Wildman–Crippen MR) is 83.9 cm³/mol. The van der Waals surface area contributed by atoms with E-state index in [2.05, 4.69) is 12.2 Å². The van der Waals surface area contributed by atoms with E-state index in [0.717, 1.165) is 30.9 Å². The first-order valence-electron chi connectivity index (χ1n) is 9.18. The zero-order chi connectivity index (χ0) is 13.8. The molecule has 3 unspecified atom stereocenters. The minimum Gasteiger partial charge on any atom is -0.375 e. The maximum atomic E-state index is 6.25. The fraction of sp³-hybridized carbons (Fsp3) is 1.00. The highest BCUT2D eigenvalue weighted by Gasteiger charge is 2.43. The van der Waals surface area contributed by atoms with Crippen molar-refractivity contribution in [2.45, 2.75) is 76.7 Å². The molecule has 3 aliphatic rings. The Kier molecular flexibility index (Phi) is 5.04. The minimum atomic E-state index is 0.309. The van der Waals surface area contributed by atoms with Crippen LogP contribution in [0.1, 0.15) is 71.1 Å². The highest BCUT2D eigenvalue weighted by atomic mass is 16.5. The molecule has 3 rings (SSSR count). The second-order valence-electron chi connectivity index (χ2n) is 7.51. The van der Waals surface area contributed by atoms with Gasteiger partial charge in [-0.25, -0.2) is 0 Å². The molecular formula is C18H33NO. The fourth-order valence-corrected chi connectivity index (χ4v) is 5.24. The Morgan fingerprint density at radius 2 is 1.85 bits per heavy atom. The highest BCUT2D eigenvalue weighted by Crippen LogP contribution is 2.47. The van der Waals surface area contributed by atoms with E-state index in [0.29, 0.717) is 5.60 Å². The van der Waals surface area contributed by atoms with Crippen molar-refractivity contribution in [3.05, 3.63) is 0 Å². The van der Waals surface area contributed by atoms with Gasteiger partial charge in [0.25, 0.3) is 0 Å². The lowest BCUT2D eigenvalue weighted by molar-refractivity contribution is -0.108. The van der Waals surface area contributed by atoms with Crippen molar-refractivity contribution in [3.63, 3.8) is 0 Å². The summed E-state index contributed by atoms with van der Waals surface area (Å²) in [6.45, 7) is 5.65. The summed E-state index contributed by atoms with van der Waals surface area (Å²) in [4.78, 5) is 0. The monoisotopic (exact) mass is 279 g/mol. The second kappa shape index (κ2) is 6.79. The van der Waals surface area contributed by atoms with E-state index in [1.165, 1.54) is 70.8 Å². The third-order valence-corrected chi connectivity index (χ3v) is 6.28. The van der Waals surface area contributed by atoms with Crippen molar-refractivity contribution < 1.29 is 4.74 Å². The van der Waals surface area contributed by atoms with Crippen LogP contribution in [0.4, 0.5) is 0 Å². The van der Waals surface area contributed by atoms with Crippen LogP contribution in [0.5, 0.6) is 0 Å². The van der Waals surface area contributed by atoms with Gasteiger partial charge >= 0.3 is 0 Å². The Bertz CT molecular complexity index is 298. The van der Waals surface area contributed by atoms with Crippen LogP contribution in [0.15, 0.2) is 0 Å². The Morgan fingerprint density at radius 3 is 2.65 bits per heavy atom. The number of hydrogen-bond acceptors (Lipinski definition) is 2. The average molecular weight is 279 g/mol. The maximum absolute atomic E-state index is 6.25. The van der Waals surface area contributed by atoms with Gasteiger partial charge in [0.1, 0.15) is 0 Å². The van der Waals surface area contributed by atoms with Crippen LogP contribution in [0, 0.1) is 17.8 Å². The van der Waals surface area contributed by atoms with Gasteiger partial charge in [0.05, 0.1) is 5.60 Å². The molecule has 2 nitrogen and oxygen atoms in total. The Morgan fingerprint density at radius 1 is 1.05 bits per heavy atom. The lowest BCUT2D eigenvalue weighted by Crippen LogP contribution is -2.43. The predicted octanol–water partition coefficient (Wildman–Crippen LogP) is 4.14. The molecule has 2 saturated carbocycles. The molecule has 2 aliphatic carbocycles. The van der Waals surface area contributed by atoms with E-state index in [9.17, 15) is 0 Å². The summed E-state index contributed by atoms with van der Waals surface area (Å²) in [6, 6.07) is 0. The van der Waals surface area contributed by atoms with E-state index in [4.69, 9.17) is 4.74 Å². The fourth-order valence-electron chi connectivity index (χ4n) is 5.24. The smallest absolute Gasteiger partial charge is 0.0685 e. The zero-order valence-corrected chi connectivity index (χ0v) is 13.3. The second-order valence-corrected chi connectivity index (χ2v) is 7.51. The normalized spacial score (nSPS) is 37.4. The highest BCUT2D eigenvalue weighted by molar-refractivity contribution is 4.94. The summed E-state index contributed by atoms with van der Waals surface area (Å²) in [6.07, 6.45) is 14.1. The van der Waals surface area contributed by atoms with E-state index >= 15 is 0 Å². The van der Waals surface area contributed by atoms with E-state index in [1.54, 1.807) is 0 Å². The summed E-state index contributed by atoms with van der Waals surface area (Å²) in [5, 5.41) is 3.62. The van der Waals surface area contributed by atoms with Gasteiger partial charge in [0.15, 0.2) is 0 Å². The lowest BCUT2D eigenvalue weighted by Gasteiger charge is -2.45. The van der Waals surface area contributed by atoms with Crippen LogP contribution in [-0.4, -0.2) is 25.3 Å². The number of ether oxygens (including phenoxy) is 1. The Balaban J connectivity index is 1.63. The van der Waals surface area contributed by atoms with Crippen LogP contribution in [0.2, 0.25) is 0 Å². The SMILES string of the molecule is CCNCC1CCCCC1C1CCOC2(CCCC2)C1. The molecule has 1 heterocycles. The van der Waals surface area contributed by atoms with Crippen LogP contribution in [0.25, 0.3) is 0 Å². The maximum Gasteiger partial charge on any atom is 0.0685 e. The van der Waals surface area contributed by atoms with E-state index < -0.39 is 0 Å². The van der Waals surface area contributed by atoms with Gasteiger partial charge in [-0.15, -0.1) is 0 Å². The molecule has 0 radical (unpaired) electrons. The first kappa shape index (κ1) is 14.8. The van der Waals surface area contributed by atoms with Crippen molar-refractivity contribution >= 4 is 0 Å². The quantitative estimate of drug-likeness (QED) is 0.835. The van der Waals surface area contributed by atoms with Gasteiger partial charge in [-0.2, -0.15) is 0 Å². The van der Waals surface area contributed by atoms with Crippen molar-refractivity contribution in [3.8, 4) is 0 Å². The van der Waals surface area contributed by atoms with Gasteiger partial charge in [0, 0.05) is 6.61 Å². The zero-order valence-electron chi connectivity index (χ0n) is 13.3. The summed E-state index contributed by atoms with van der Waals surface area (Å²) >= 11 is 0. The van der Waals surface area contributed by atoms with Gasteiger partial charge in [-0.1, -0.05) is 32.6 Å². The van der Waals surface area contributed by atoms with Crippen LogP contribution < -0.4 is 5.32 Å². The van der Waals surface area contributed by atoms with Gasteiger partial charge in [-0.3, -0.25) is 0 Å². The summed E-state index contributed by atoms with van der Waals surface area (Å²) < 4.78 is 6.25. The average Bonchev–Trinajstić information content (AvgIpc) is 2.93. The molecule has 3 atom stereocenters. The minimum absolute atomic E-state index is 0.309. The molecule has 116 valence electrons. The lowest BCUT2D eigenvalue weighted by atomic mass is 9.67. The molecule has 1 saturated heterocycles.